The first-order chi connectivity index (χ1) is 13.3. The van der Waals surface area contributed by atoms with Crippen molar-refractivity contribution in [3.63, 3.8) is 0 Å². The van der Waals surface area contributed by atoms with Gasteiger partial charge in [-0.15, -0.1) is 0 Å². The first kappa shape index (κ1) is 20.9. The van der Waals surface area contributed by atoms with E-state index in [1.165, 1.54) is 0 Å². The van der Waals surface area contributed by atoms with Gasteiger partial charge in [0.15, 0.2) is 0 Å². The van der Waals surface area contributed by atoms with Gasteiger partial charge in [0.2, 0.25) is 5.91 Å². The summed E-state index contributed by atoms with van der Waals surface area (Å²) in [5, 5.41) is 21.5. The number of nitrogens with zero attached hydrogens (tertiary/aromatic N) is 1. The van der Waals surface area contributed by atoms with Crippen molar-refractivity contribution in [2.45, 2.75) is 58.5 Å². The molecule has 3 rings (SSSR count). The molecular formula is C24H30N2O3. The highest BCUT2D eigenvalue weighted by Gasteiger charge is 2.33. The zero-order valence-electron chi connectivity index (χ0n) is 17.9. The van der Waals surface area contributed by atoms with Crippen LogP contribution in [-0.4, -0.2) is 16.1 Å². The van der Waals surface area contributed by atoms with E-state index in [0.717, 1.165) is 22.5 Å². The number of rotatable bonds is 2. The van der Waals surface area contributed by atoms with Crippen LogP contribution in [0.15, 0.2) is 48.2 Å². The van der Waals surface area contributed by atoms with Crippen LogP contribution < -0.4 is 10.6 Å². The summed E-state index contributed by atoms with van der Waals surface area (Å²) < 4.78 is 0. The van der Waals surface area contributed by atoms with Gasteiger partial charge >= 0.3 is 0 Å². The van der Waals surface area contributed by atoms with E-state index in [-0.39, 0.29) is 22.2 Å². The first-order valence-electron chi connectivity index (χ1n) is 9.78. The molecule has 0 bridgehead atoms. The number of benzene rings is 2. The molecule has 0 aliphatic carbocycles. The van der Waals surface area contributed by atoms with Gasteiger partial charge in [0.25, 0.3) is 0 Å². The molecule has 1 heterocycles. The summed E-state index contributed by atoms with van der Waals surface area (Å²) in [6.45, 7) is 12.5. The molecule has 1 aliphatic rings. The van der Waals surface area contributed by atoms with E-state index < -0.39 is 12.0 Å². The molecule has 0 saturated carbocycles. The number of para-hydroxylation sites is 1. The Balaban J connectivity index is 2.34. The van der Waals surface area contributed by atoms with Crippen LogP contribution in [0.4, 0.5) is 11.4 Å². The summed E-state index contributed by atoms with van der Waals surface area (Å²) >= 11 is 0. The number of nitrogens with two attached hydrogens (primary N) is 1. The number of hydrogen-bond donors (Lipinski definition) is 3. The Morgan fingerprint density at radius 1 is 0.966 bits per heavy atom. The number of hydrogen-bond acceptors (Lipinski definition) is 4. The van der Waals surface area contributed by atoms with Crippen LogP contribution >= 0.6 is 0 Å². The van der Waals surface area contributed by atoms with E-state index in [2.05, 4.69) is 41.5 Å². The molecule has 5 nitrogen and oxygen atoms in total. The number of aliphatic hydroxyl groups excluding tert-OH is 1. The van der Waals surface area contributed by atoms with Gasteiger partial charge in [-0.3, -0.25) is 4.79 Å². The zero-order valence-corrected chi connectivity index (χ0v) is 17.9. The minimum Gasteiger partial charge on any atom is -0.508 e. The highest BCUT2D eigenvalue weighted by molar-refractivity contribution is 5.96. The number of carbonyl (C=O) groups excluding carboxylic acids is 1. The minimum atomic E-state index is -1.08. The molecular weight excluding hydrogens is 364 g/mol. The molecule has 1 atom stereocenters. The van der Waals surface area contributed by atoms with E-state index in [1.807, 2.05) is 29.2 Å². The average Bonchev–Trinajstić information content (AvgIpc) is 2.59. The fraction of sp³-hybridized carbons (Fsp3) is 0.375. The Morgan fingerprint density at radius 2 is 1.55 bits per heavy atom. The summed E-state index contributed by atoms with van der Waals surface area (Å²) in [5.74, 6) is -0.483. The number of aromatic hydroxyl groups is 1. The highest BCUT2D eigenvalue weighted by atomic mass is 16.3. The molecule has 4 N–H and O–H groups in total. The number of fused-ring (bicyclic) bond motifs is 1. The minimum absolute atomic E-state index is 0.114. The summed E-state index contributed by atoms with van der Waals surface area (Å²) in [5.41, 5.74) is 9.18. The Bertz CT molecular complexity index is 994. The van der Waals surface area contributed by atoms with Crippen molar-refractivity contribution in [1.82, 2.24) is 0 Å². The third-order valence-corrected chi connectivity index (χ3v) is 5.33. The van der Waals surface area contributed by atoms with Gasteiger partial charge in [-0.2, -0.15) is 0 Å². The van der Waals surface area contributed by atoms with E-state index in [1.54, 1.807) is 18.3 Å². The lowest BCUT2D eigenvalue weighted by Crippen LogP contribution is -2.29. The molecule has 0 saturated heterocycles. The van der Waals surface area contributed by atoms with Crippen LogP contribution in [-0.2, 0) is 15.6 Å². The first-order valence-corrected chi connectivity index (χ1v) is 9.78. The van der Waals surface area contributed by atoms with E-state index in [4.69, 9.17) is 5.73 Å². The molecule has 5 heteroatoms. The third-order valence-electron chi connectivity index (χ3n) is 5.33. The predicted octanol–water partition coefficient (Wildman–Crippen LogP) is 4.54. The number of aliphatic hydroxyl groups is 1. The Labute approximate surface area is 172 Å². The molecule has 2 aromatic rings. The number of phenols is 1. The van der Waals surface area contributed by atoms with Crippen LogP contribution in [0.1, 0.15) is 64.3 Å². The Morgan fingerprint density at radius 3 is 2.10 bits per heavy atom. The summed E-state index contributed by atoms with van der Waals surface area (Å²) in [4.78, 5) is 13.8. The average molecular weight is 395 g/mol. The van der Waals surface area contributed by atoms with Crippen LogP contribution in [0.2, 0.25) is 0 Å². The smallest absolute Gasteiger partial charge is 0.249 e. The van der Waals surface area contributed by atoms with Crippen LogP contribution in [0.3, 0.4) is 0 Å². The van der Waals surface area contributed by atoms with Crippen LogP contribution in [0.5, 0.6) is 5.75 Å². The standard InChI is InChI=1S/C24H30N2O3/c1-23(2,3)16-11-17(24(4,5)6)20(27)12-19(16)26-13-15(22(25)29)21(28)14-9-7-8-10-18(14)26/h7-13,21,27-28H,1-6H3,(H2,25,29). The van der Waals surface area contributed by atoms with Gasteiger partial charge in [-0.1, -0.05) is 59.7 Å². The van der Waals surface area contributed by atoms with E-state index >= 15 is 0 Å². The second-order valence-electron chi connectivity index (χ2n) is 9.67. The maximum absolute atomic E-state index is 12.0. The van der Waals surface area contributed by atoms with Crippen molar-refractivity contribution in [3.8, 4) is 5.75 Å². The molecule has 1 aliphatic heterocycles. The molecule has 1 amide bonds. The Hall–Kier alpha value is -2.79. The topological polar surface area (TPSA) is 86.8 Å². The third kappa shape index (κ3) is 3.75. The van der Waals surface area contributed by atoms with E-state index in [9.17, 15) is 15.0 Å². The number of carbonyl (C=O) groups is 1. The lowest BCUT2D eigenvalue weighted by Gasteiger charge is -2.36. The summed E-state index contributed by atoms with van der Waals surface area (Å²) in [6, 6.07) is 11.1. The molecule has 154 valence electrons. The normalized spacial score (nSPS) is 17.0. The maximum atomic E-state index is 12.0. The predicted molar refractivity (Wildman–Crippen MR) is 116 cm³/mol. The molecule has 0 radical (unpaired) electrons. The largest absolute Gasteiger partial charge is 0.508 e. The fourth-order valence-electron chi connectivity index (χ4n) is 3.76. The van der Waals surface area contributed by atoms with Gasteiger partial charge in [-0.25, -0.2) is 0 Å². The van der Waals surface area contributed by atoms with Gasteiger partial charge in [0.1, 0.15) is 11.9 Å². The lowest BCUT2D eigenvalue weighted by molar-refractivity contribution is -0.115. The zero-order chi connectivity index (χ0) is 21.7. The van der Waals surface area contributed by atoms with Crippen molar-refractivity contribution in [2.24, 2.45) is 5.73 Å². The van der Waals surface area contributed by atoms with Crippen LogP contribution in [0, 0.1) is 0 Å². The maximum Gasteiger partial charge on any atom is 0.249 e. The molecule has 2 aromatic carbocycles. The van der Waals surface area contributed by atoms with Crippen molar-refractivity contribution in [2.75, 3.05) is 4.90 Å². The molecule has 29 heavy (non-hydrogen) atoms. The monoisotopic (exact) mass is 394 g/mol. The van der Waals surface area contributed by atoms with Gasteiger partial charge in [-0.05, 0) is 34.1 Å². The molecule has 0 spiro atoms. The summed E-state index contributed by atoms with van der Waals surface area (Å²) in [6.07, 6.45) is 0.497. The van der Waals surface area contributed by atoms with Crippen molar-refractivity contribution in [1.29, 1.82) is 0 Å². The van der Waals surface area contributed by atoms with Gasteiger partial charge in [0, 0.05) is 17.8 Å². The summed E-state index contributed by atoms with van der Waals surface area (Å²) in [7, 11) is 0. The number of anilines is 2. The molecule has 1 unspecified atom stereocenters. The van der Waals surface area contributed by atoms with E-state index in [0.29, 0.717) is 5.56 Å². The number of primary amides is 1. The second-order valence-corrected chi connectivity index (χ2v) is 9.67. The van der Waals surface area contributed by atoms with Crippen molar-refractivity contribution < 1.29 is 15.0 Å². The van der Waals surface area contributed by atoms with Crippen molar-refractivity contribution >= 4 is 17.3 Å². The van der Waals surface area contributed by atoms with Gasteiger partial charge < -0.3 is 20.8 Å². The van der Waals surface area contributed by atoms with Crippen LogP contribution in [0.25, 0.3) is 0 Å². The lowest BCUT2D eigenvalue weighted by atomic mass is 9.79. The molecule has 0 aromatic heterocycles. The number of phenolic OH excluding ortho intramolecular Hbond substituents is 1. The quantitative estimate of drug-likeness (QED) is 0.698. The highest BCUT2D eigenvalue weighted by Crippen LogP contribution is 2.46. The second kappa shape index (κ2) is 6.92. The fourth-order valence-corrected chi connectivity index (χ4v) is 3.76. The SMILES string of the molecule is CC(C)(C)c1cc(C(C)(C)C)c(N2C=C(C(N)=O)C(O)c3ccccc32)cc1O. The van der Waals surface area contributed by atoms with Crippen molar-refractivity contribution in [3.05, 3.63) is 64.9 Å². The molecule has 0 fully saturated rings. The Kier molecular flexibility index (Phi) is 4.99. The number of amides is 1. The van der Waals surface area contributed by atoms with Gasteiger partial charge in [0.05, 0.1) is 16.9 Å².